The molecule has 1 unspecified atom stereocenters. The number of rotatable bonds is 6. The SMILES string of the molecule is COCC(N)C(=O)NC1CCN(CC2CCCC2)CC1. The monoisotopic (exact) mass is 283 g/mol. The van der Waals surface area contributed by atoms with E-state index in [9.17, 15) is 4.79 Å². The molecule has 1 saturated heterocycles. The lowest BCUT2D eigenvalue weighted by atomic mass is 10.0. The first kappa shape index (κ1) is 15.7. The molecule has 20 heavy (non-hydrogen) atoms. The minimum atomic E-state index is -0.545. The Balaban J connectivity index is 1.64. The lowest BCUT2D eigenvalue weighted by molar-refractivity contribution is -0.124. The average molecular weight is 283 g/mol. The number of carbonyl (C=O) groups excluding carboxylic acids is 1. The van der Waals surface area contributed by atoms with Gasteiger partial charge < -0.3 is 20.7 Å². The lowest BCUT2D eigenvalue weighted by Gasteiger charge is -2.34. The summed E-state index contributed by atoms with van der Waals surface area (Å²) in [6, 6.07) is -0.262. The summed E-state index contributed by atoms with van der Waals surface area (Å²) in [4.78, 5) is 14.4. The third kappa shape index (κ3) is 4.72. The molecule has 5 heteroatoms. The molecule has 0 aromatic heterocycles. The summed E-state index contributed by atoms with van der Waals surface area (Å²) < 4.78 is 4.91. The van der Waals surface area contributed by atoms with Crippen LogP contribution in [0.5, 0.6) is 0 Å². The lowest BCUT2D eigenvalue weighted by Crippen LogP contribution is -2.51. The van der Waals surface area contributed by atoms with Gasteiger partial charge in [0.05, 0.1) is 6.61 Å². The molecule has 5 nitrogen and oxygen atoms in total. The van der Waals surface area contributed by atoms with Crippen LogP contribution in [0.15, 0.2) is 0 Å². The summed E-state index contributed by atoms with van der Waals surface area (Å²) >= 11 is 0. The van der Waals surface area contributed by atoms with E-state index in [1.807, 2.05) is 0 Å². The number of piperidine rings is 1. The maximum absolute atomic E-state index is 11.8. The van der Waals surface area contributed by atoms with Crippen molar-refractivity contribution in [3.63, 3.8) is 0 Å². The zero-order valence-electron chi connectivity index (χ0n) is 12.6. The van der Waals surface area contributed by atoms with Gasteiger partial charge in [-0.1, -0.05) is 12.8 Å². The topological polar surface area (TPSA) is 67.6 Å². The number of carbonyl (C=O) groups is 1. The molecule has 2 fully saturated rings. The summed E-state index contributed by atoms with van der Waals surface area (Å²) in [6.07, 6.45) is 7.71. The van der Waals surface area contributed by atoms with Crippen molar-refractivity contribution in [1.82, 2.24) is 10.2 Å². The Kier molecular flexibility index (Phi) is 6.26. The molecule has 0 aromatic carbocycles. The van der Waals surface area contributed by atoms with Gasteiger partial charge in [0.1, 0.15) is 6.04 Å². The molecule has 2 rings (SSSR count). The highest BCUT2D eigenvalue weighted by atomic mass is 16.5. The van der Waals surface area contributed by atoms with Crippen LogP contribution in [0.1, 0.15) is 38.5 Å². The van der Waals surface area contributed by atoms with E-state index in [2.05, 4.69) is 10.2 Å². The van der Waals surface area contributed by atoms with Crippen molar-refractivity contribution >= 4 is 5.91 Å². The number of nitrogens with two attached hydrogens (primary N) is 1. The van der Waals surface area contributed by atoms with Gasteiger partial charge in [-0.25, -0.2) is 0 Å². The number of nitrogens with zero attached hydrogens (tertiary/aromatic N) is 1. The molecule has 1 aliphatic heterocycles. The fourth-order valence-corrected chi connectivity index (χ4v) is 3.38. The van der Waals surface area contributed by atoms with Gasteiger partial charge in [0.2, 0.25) is 5.91 Å². The molecule has 0 spiro atoms. The highest BCUT2D eigenvalue weighted by Gasteiger charge is 2.25. The zero-order chi connectivity index (χ0) is 14.4. The molecule has 1 heterocycles. The number of likely N-dealkylation sites (tertiary alicyclic amines) is 1. The standard InChI is InChI=1S/C15H29N3O2/c1-20-11-14(16)15(19)17-13-6-8-18(9-7-13)10-12-4-2-3-5-12/h12-14H,2-11,16H2,1H3,(H,17,19). The van der Waals surface area contributed by atoms with Gasteiger partial charge in [-0.3, -0.25) is 4.79 Å². The summed E-state index contributed by atoms with van der Waals surface area (Å²) in [5, 5.41) is 3.05. The van der Waals surface area contributed by atoms with E-state index in [1.54, 1.807) is 7.11 Å². The number of hydrogen-bond acceptors (Lipinski definition) is 4. The van der Waals surface area contributed by atoms with Crippen LogP contribution in [-0.4, -0.2) is 56.2 Å². The third-order valence-electron chi connectivity index (χ3n) is 4.61. The quantitative estimate of drug-likeness (QED) is 0.754. The van der Waals surface area contributed by atoms with E-state index in [0.717, 1.165) is 31.8 Å². The van der Waals surface area contributed by atoms with Gasteiger partial charge in [0.15, 0.2) is 0 Å². The van der Waals surface area contributed by atoms with Crippen molar-refractivity contribution < 1.29 is 9.53 Å². The van der Waals surface area contributed by atoms with Crippen LogP contribution < -0.4 is 11.1 Å². The van der Waals surface area contributed by atoms with E-state index in [1.165, 1.54) is 32.2 Å². The summed E-state index contributed by atoms with van der Waals surface area (Å²) in [5.41, 5.74) is 5.73. The second-order valence-corrected chi connectivity index (χ2v) is 6.30. The Labute approximate surface area is 122 Å². The van der Waals surface area contributed by atoms with E-state index in [0.29, 0.717) is 0 Å². The predicted molar refractivity (Wildman–Crippen MR) is 79.4 cm³/mol. The van der Waals surface area contributed by atoms with E-state index in [4.69, 9.17) is 10.5 Å². The second-order valence-electron chi connectivity index (χ2n) is 6.30. The molecule has 2 aliphatic rings. The first-order valence-electron chi connectivity index (χ1n) is 7.96. The number of nitrogens with one attached hydrogen (secondary N) is 1. The van der Waals surface area contributed by atoms with Gasteiger partial charge in [-0.05, 0) is 31.6 Å². The number of hydrogen-bond donors (Lipinski definition) is 2. The molecule has 0 radical (unpaired) electrons. The smallest absolute Gasteiger partial charge is 0.239 e. The first-order valence-corrected chi connectivity index (χ1v) is 7.96. The Morgan fingerprint density at radius 2 is 1.95 bits per heavy atom. The fourth-order valence-electron chi connectivity index (χ4n) is 3.38. The van der Waals surface area contributed by atoms with Crippen LogP contribution in [0.2, 0.25) is 0 Å². The Bertz CT molecular complexity index is 297. The second kappa shape index (κ2) is 7.96. The molecule has 1 atom stereocenters. The third-order valence-corrected chi connectivity index (χ3v) is 4.61. The van der Waals surface area contributed by atoms with Gasteiger partial charge in [-0.15, -0.1) is 0 Å². The van der Waals surface area contributed by atoms with Crippen molar-refractivity contribution in [2.45, 2.75) is 50.6 Å². The van der Waals surface area contributed by atoms with Crippen molar-refractivity contribution in [1.29, 1.82) is 0 Å². The largest absolute Gasteiger partial charge is 0.383 e. The molecule has 0 aromatic rings. The summed E-state index contributed by atoms with van der Waals surface area (Å²) in [5.74, 6) is 0.831. The van der Waals surface area contributed by atoms with Crippen molar-refractivity contribution in [3.05, 3.63) is 0 Å². The van der Waals surface area contributed by atoms with E-state index >= 15 is 0 Å². The first-order chi connectivity index (χ1) is 9.69. The zero-order valence-corrected chi connectivity index (χ0v) is 12.6. The van der Waals surface area contributed by atoms with Gasteiger partial charge in [0, 0.05) is 32.8 Å². The number of ether oxygens (including phenoxy) is 1. The molecule has 1 amide bonds. The van der Waals surface area contributed by atoms with Crippen LogP contribution in [-0.2, 0) is 9.53 Å². The molecular formula is C15H29N3O2. The van der Waals surface area contributed by atoms with Crippen LogP contribution in [0.3, 0.4) is 0 Å². The van der Waals surface area contributed by atoms with Crippen LogP contribution >= 0.6 is 0 Å². The van der Waals surface area contributed by atoms with Crippen molar-refractivity contribution in [2.75, 3.05) is 33.4 Å². The van der Waals surface area contributed by atoms with Crippen LogP contribution in [0.25, 0.3) is 0 Å². The van der Waals surface area contributed by atoms with Gasteiger partial charge >= 0.3 is 0 Å². The molecule has 1 aliphatic carbocycles. The Morgan fingerprint density at radius 3 is 2.55 bits per heavy atom. The highest BCUT2D eigenvalue weighted by Crippen LogP contribution is 2.26. The van der Waals surface area contributed by atoms with Crippen LogP contribution in [0.4, 0.5) is 0 Å². The molecule has 3 N–H and O–H groups in total. The summed E-state index contributed by atoms with van der Waals surface area (Å²) in [6.45, 7) is 3.73. The van der Waals surface area contributed by atoms with E-state index in [-0.39, 0.29) is 18.6 Å². The predicted octanol–water partition coefficient (Wildman–Crippen LogP) is 0.731. The average Bonchev–Trinajstić information content (AvgIpc) is 2.94. The van der Waals surface area contributed by atoms with E-state index < -0.39 is 6.04 Å². The van der Waals surface area contributed by atoms with Gasteiger partial charge in [0.25, 0.3) is 0 Å². The Hall–Kier alpha value is -0.650. The maximum atomic E-state index is 11.8. The minimum Gasteiger partial charge on any atom is -0.383 e. The number of amides is 1. The molecule has 116 valence electrons. The highest BCUT2D eigenvalue weighted by molar-refractivity contribution is 5.81. The summed E-state index contributed by atoms with van der Waals surface area (Å²) in [7, 11) is 1.56. The molecular weight excluding hydrogens is 254 g/mol. The van der Waals surface area contributed by atoms with Crippen molar-refractivity contribution in [2.24, 2.45) is 11.7 Å². The Morgan fingerprint density at radius 1 is 1.30 bits per heavy atom. The maximum Gasteiger partial charge on any atom is 0.239 e. The molecule has 0 bridgehead atoms. The number of methoxy groups -OCH3 is 1. The van der Waals surface area contributed by atoms with Crippen LogP contribution in [0, 0.1) is 5.92 Å². The van der Waals surface area contributed by atoms with Gasteiger partial charge in [-0.2, -0.15) is 0 Å². The normalized spacial score (nSPS) is 23.9. The molecule has 1 saturated carbocycles. The van der Waals surface area contributed by atoms with Crippen molar-refractivity contribution in [3.8, 4) is 0 Å². The fraction of sp³-hybridized carbons (Fsp3) is 0.933. The minimum absolute atomic E-state index is 0.0823.